The van der Waals surface area contributed by atoms with Gasteiger partial charge < -0.3 is 16.3 Å². The van der Waals surface area contributed by atoms with Crippen molar-refractivity contribution in [2.24, 2.45) is 0 Å². The predicted molar refractivity (Wildman–Crippen MR) is 53.9 cm³/mol. The van der Waals surface area contributed by atoms with Crippen LogP contribution in [0.2, 0.25) is 0 Å². The van der Waals surface area contributed by atoms with Crippen LogP contribution in [0.5, 0.6) is 0 Å². The fourth-order valence-electron chi connectivity index (χ4n) is 0.654. The van der Waals surface area contributed by atoms with Crippen LogP contribution in [-0.4, -0.2) is 22.1 Å². The van der Waals surface area contributed by atoms with Crippen LogP contribution >= 0.6 is 0 Å². The van der Waals surface area contributed by atoms with Crippen LogP contribution in [-0.2, 0) is 0 Å². The maximum atomic E-state index is 10.1. The van der Waals surface area contributed by atoms with Gasteiger partial charge in [-0.3, -0.25) is 10.1 Å². The standard InChI is InChI=1S/C6H6N2O2.C2H6O.H2O/c7-5-3-1-2-4-6(5)8(9)10;1-2-3;/h1-4H,7H2;3H,2H2,1H3;1H2. The van der Waals surface area contributed by atoms with Gasteiger partial charge in [0.1, 0.15) is 5.69 Å². The van der Waals surface area contributed by atoms with Crippen molar-refractivity contribution in [2.45, 2.75) is 6.92 Å². The lowest BCUT2D eigenvalue weighted by Crippen LogP contribution is -1.93. The van der Waals surface area contributed by atoms with E-state index >= 15 is 0 Å². The van der Waals surface area contributed by atoms with E-state index in [1.54, 1.807) is 19.1 Å². The molecule has 0 amide bonds. The summed E-state index contributed by atoms with van der Waals surface area (Å²) in [6.45, 7) is 1.93. The summed E-state index contributed by atoms with van der Waals surface area (Å²) in [5, 5.41) is 17.7. The molecule has 0 atom stereocenters. The molecule has 0 saturated heterocycles. The minimum Gasteiger partial charge on any atom is -0.412 e. The maximum Gasteiger partial charge on any atom is 0.292 e. The molecular formula is C8H14N2O4. The third-order valence-corrected chi connectivity index (χ3v) is 1.13. The lowest BCUT2D eigenvalue weighted by Gasteiger charge is -1.92. The largest absolute Gasteiger partial charge is 0.412 e. The Labute approximate surface area is 81.4 Å². The molecule has 0 fully saturated rings. The molecule has 6 heteroatoms. The summed E-state index contributed by atoms with van der Waals surface area (Å²) in [6.07, 6.45) is 0. The number of rotatable bonds is 1. The van der Waals surface area contributed by atoms with Crippen LogP contribution in [0, 0.1) is 10.1 Å². The van der Waals surface area contributed by atoms with E-state index in [9.17, 15) is 10.1 Å². The Balaban J connectivity index is 0. The number of anilines is 1. The number of nitrogen functional groups attached to an aromatic ring is 1. The van der Waals surface area contributed by atoms with Crippen LogP contribution in [0.25, 0.3) is 0 Å². The zero-order valence-corrected chi connectivity index (χ0v) is 7.80. The van der Waals surface area contributed by atoms with Gasteiger partial charge in [0.25, 0.3) is 5.69 Å². The number of hydrogen-bond donors (Lipinski definition) is 2. The first kappa shape index (κ1) is 14.8. The molecule has 0 spiro atoms. The summed E-state index contributed by atoms with van der Waals surface area (Å²) in [7, 11) is 0. The second-order valence-corrected chi connectivity index (χ2v) is 2.13. The van der Waals surface area contributed by atoms with E-state index in [-0.39, 0.29) is 23.5 Å². The van der Waals surface area contributed by atoms with Crippen molar-refractivity contribution >= 4 is 11.4 Å². The molecule has 0 saturated carbocycles. The molecule has 1 aromatic rings. The van der Waals surface area contributed by atoms with Gasteiger partial charge in [-0.25, -0.2) is 0 Å². The summed E-state index contributed by atoms with van der Waals surface area (Å²) >= 11 is 0. The number of aliphatic hydroxyl groups is 1. The molecule has 14 heavy (non-hydrogen) atoms. The first-order valence-electron chi connectivity index (χ1n) is 3.73. The quantitative estimate of drug-likeness (QED) is 0.387. The van der Waals surface area contributed by atoms with Crippen LogP contribution in [0.3, 0.4) is 0 Å². The van der Waals surface area contributed by atoms with Gasteiger partial charge in [-0.1, -0.05) is 12.1 Å². The first-order chi connectivity index (χ1) is 6.13. The highest BCUT2D eigenvalue weighted by molar-refractivity contribution is 5.57. The van der Waals surface area contributed by atoms with Crippen molar-refractivity contribution in [3.05, 3.63) is 34.4 Å². The van der Waals surface area contributed by atoms with Crippen molar-refractivity contribution in [1.29, 1.82) is 0 Å². The molecule has 0 radical (unpaired) electrons. The highest BCUT2D eigenvalue weighted by atomic mass is 16.6. The van der Waals surface area contributed by atoms with Gasteiger partial charge in [0.15, 0.2) is 0 Å². The molecule has 0 aliphatic rings. The maximum absolute atomic E-state index is 10.1. The first-order valence-corrected chi connectivity index (χ1v) is 3.73. The predicted octanol–water partition coefficient (Wildman–Crippen LogP) is 0.351. The summed E-state index contributed by atoms with van der Waals surface area (Å²) in [6, 6.07) is 6.10. The van der Waals surface area contributed by atoms with Gasteiger partial charge in [0.2, 0.25) is 0 Å². The van der Waals surface area contributed by atoms with Gasteiger partial charge in [-0.05, 0) is 13.0 Å². The topological polar surface area (TPSA) is 121 Å². The van der Waals surface area contributed by atoms with E-state index in [4.69, 9.17) is 10.8 Å². The molecule has 0 aromatic heterocycles. The number of nitro benzene ring substituents is 1. The molecular weight excluding hydrogens is 188 g/mol. The Morgan fingerprint density at radius 2 is 1.93 bits per heavy atom. The van der Waals surface area contributed by atoms with Crippen LogP contribution in [0.15, 0.2) is 24.3 Å². The minimum atomic E-state index is -0.505. The SMILES string of the molecule is CCO.Nc1ccccc1[N+](=O)[O-].O. The number of nitrogens with zero attached hydrogens (tertiary/aromatic N) is 1. The molecule has 1 rings (SSSR count). The van der Waals surface area contributed by atoms with Crippen molar-refractivity contribution in [1.82, 2.24) is 0 Å². The van der Waals surface area contributed by atoms with Crippen LogP contribution < -0.4 is 5.73 Å². The van der Waals surface area contributed by atoms with Crippen molar-refractivity contribution < 1.29 is 15.5 Å². The average Bonchev–Trinajstić information content (AvgIpc) is 2.06. The van der Waals surface area contributed by atoms with Crippen molar-refractivity contribution in [3.63, 3.8) is 0 Å². The van der Waals surface area contributed by atoms with Gasteiger partial charge in [0, 0.05) is 12.7 Å². The monoisotopic (exact) mass is 202 g/mol. The zero-order chi connectivity index (χ0) is 10.3. The van der Waals surface area contributed by atoms with Gasteiger partial charge in [-0.2, -0.15) is 0 Å². The lowest BCUT2D eigenvalue weighted by atomic mass is 10.3. The molecule has 0 bridgehead atoms. The number of hydrogen-bond acceptors (Lipinski definition) is 4. The average molecular weight is 202 g/mol. The summed E-state index contributed by atoms with van der Waals surface area (Å²) < 4.78 is 0. The normalized spacial score (nSPS) is 7.86. The highest BCUT2D eigenvalue weighted by Crippen LogP contribution is 2.18. The van der Waals surface area contributed by atoms with Gasteiger partial charge >= 0.3 is 0 Å². The number of nitrogens with two attached hydrogens (primary N) is 1. The second kappa shape index (κ2) is 7.96. The summed E-state index contributed by atoms with van der Waals surface area (Å²) in [4.78, 5) is 9.64. The Morgan fingerprint density at radius 1 is 1.50 bits per heavy atom. The Hall–Kier alpha value is -1.66. The van der Waals surface area contributed by atoms with E-state index in [1.807, 2.05) is 0 Å². The Morgan fingerprint density at radius 3 is 2.21 bits per heavy atom. The number of nitro groups is 1. The minimum absolute atomic E-state index is 0. The van der Waals surface area contributed by atoms with Crippen molar-refractivity contribution in [2.75, 3.05) is 12.3 Å². The van der Waals surface area contributed by atoms with Gasteiger partial charge in [0.05, 0.1) is 4.92 Å². The fourth-order valence-corrected chi connectivity index (χ4v) is 0.654. The summed E-state index contributed by atoms with van der Waals surface area (Å²) in [5.74, 6) is 0. The second-order valence-electron chi connectivity index (χ2n) is 2.13. The Kier molecular flexibility index (Phi) is 8.44. The molecule has 0 aliphatic carbocycles. The number of aliphatic hydroxyl groups excluding tert-OH is 1. The molecule has 0 aliphatic heterocycles. The molecule has 6 nitrogen and oxygen atoms in total. The third-order valence-electron chi connectivity index (χ3n) is 1.13. The van der Waals surface area contributed by atoms with Gasteiger partial charge in [-0.15, -0.1) is 0 Å². The van der Waals surface area contributed by atoms with Crippen LogP contribution in [0.4, 0.5) is 11.4 Å². The fraction of sp³-hybridized carbons (Fsp3) is 0.250. The van der Waals surface area contributed by atoms with E-state index in [1.165, 1.54) is 12.1 Å². The van der Waals surface area contributed by atoms with E-state index in [2.05, 4.69) is 0 Å². The molecule has 5 N–H and O–H groups in total. The molecule has 1 aromatic carbocycles. The number of benzene rings is 1. The van der Waals surface area contributed by atoms with E-state index in [0.29, 0.717) is 0 Å². The zero-order valence-electron chi connectivity index (χ0n) is 7.80. The van der Waals surface area contributed by atoms with E-state index < -0.39 is 4.92 Å². The smallest absolute Gasteiger partial charge is 0.292 e. The van der Waals surface area contributed by atoms with Crippen molar-refractivity contribution in [3.8, 4) is 0 Å². The van der Waals surface area contributed by atoms with E-state index in [0.717, 1.165) is 0 Å². The highest BCUT2D eigenvalue weighted by Gasteiger charge is 2.07. The molecule has 80 valence electrons. The third kappa shape index (κ3) is 5.07. The number of para-hydroxylation sites is 2. The molecule has 0 unspecified atom stereocenters. The Bertz CT molecular complexity index is 278. The summed E-state index contributed by atoms with van der Waals surface area (Å²) in [5.41, 5.74) is 5.44. The molecule has 0 heterocycles. The van der Waals surface area contributed by atoms with Crippen LogP contribution in [0.1, 0.15) is 6.92 Å². The lowest BCUT2D eigenvalue weighted by molar-refractivity contribution is -0.383.